The topological polar surface area (TPSA) is 67.2 Å². The number of carbonyl (C=O) groups excluding carboxylic acids is 1. The van der Waals surface area contributed by atoms with Gasteiger partial charge in [0.05, 0.1) is 5.71 Å². The van der Waals surface area contributed by atoms with Crippen LogP contribution in [-0.4, -0.2) is 21.6 Å². The van der Waals surface area contributed by atoms with E-state index in [1.165, 1.54) is 6.33 Å². The highest BCUT2D eigenvalue weighted by Gasteiger charge is 2.43. The van der Waals surface area contributed by atoms with Gasteiger partial charge in [-0.3, -0.25) is 5.43 Å². The average Bonchev–Trinajstić information content (AvgIpc) is 3.28. The first-order chi connectivity index (χ1) is 9.70. The van der Waals surface area contributed by atoms with Crippen LogP contribution in [0.25, 0.3) is 0 Å². The van der Waals surface area contributed by atoms with E-state index < -0.39 is 0 Å². The first-order valence-electron chi connectivity index (χ1n) is 6.77. The first kappa shape index (κ1) is 12.8. The van der Waals surface area contributed by atoms with Crippen molar-refractivity contribution < 1.29 is 4.79 Å². The summed E-state index contributed by atoms with van der Waals surface area (Å²) in [6.45, 7) is 4.43. The summed E-state index contributed by atoms with van der Waals surface area (Å²) in [4.78, 5) is 19.1. The molecule has 0 spiro atoms. The molecule has 2 aliphatic rings. The Morgan fingerprint density at radius 1 is 1.35 bits per heavy atom. The second-order valence-electron chi connectivity index (χ2n) is 5.56. The summed E-state index contributed by atoms with van der Waals surface area (Å²) in [5.41, 5.74) is 5.87. The van der Waals surface area contributed by atoms with Crippen molar-refractivity contribution in [3.05, 3.63) is 41.6 Å². The number of hydrogen-bond acceptors (Lipinski definition) is 5. The van der Waals surface area contributed by atoms with Crippen molar-refractivity contribution >= 4 is 11.7 Å². The van der Waals surface area contributed by atoms with Crippen LogP contribution in [0.5, 0.6) is 0 Å². The molecule has 20 heavy (non-hydrogen) atoms. The molecule has 0 saturated heterocycles. The number of nitrogens with one attached hydrogen (secondary N) is 1. The third-order valence-corrected chi connectivity index (χ3v) is 3.92. The SMILES string of the molecule is CC(C)[C@H]1C[C@@H]1C1=CC(c2cncnc2)=NNC1=C=O. The first-order valence-corrected chi connectivity index (χ1v) is 6.77. The van der Waals surface area contributed by atoms with Crippen molar-refractivity contribution in [3.63, 3.8) is 0 Å². The third-order valence-electron chi connectivity index (χ3n) is 3.92. The third kappa shape index (κ3) is 2.28. The summed E-state index contributed by atoms with van der Waals surface area (Å²) in [5.74, 6) is 3.64. The lowest BCUT2D eigenvalue weighted by Crippen LogP contribution is -2.20. The molecule has 1 saturated carbocycles. The Morgan fingerprint density at radius 2 is 2.10 bits per heavy atom. The monoisotopic (exact) mass is 268 g/mol. The molecule has 0 amide bonds. The fourth-order valence-corrected chi connectivity index (χ4v) is 2.69. The van der Waals surface area contributed by atoms with Gasteiger partial charge in [-0.25, -0.2) is 14.8 Å². The molecule has 2 atom stereocenters. The Kier molecular flexibility index (Phi) is 3.20. The van der Waals surface area contributed by atoms with E-state index in [2.05, 4.69) is 34.3 Å². The lowest BCUT2D eigenvalue weighted by Gasteiger charge is -2.15. The molecule has 0 aromatic carbocycles. The molecule has 0 radical (unpaired) electrons. The van der Waals surface area contributed by atoms with E-state index in [-0.39, 0.29) is 0 Å². The van der Waals surface area contributed by atoms with Gasteiger partial charge < -0.3 is 0 Å². The standard InChI is InChI=1S/C15H16N4O/c1-9(2)11-3-12(11)13-4-14(18-19-15(13)7-20)10-5-16-8-17-6-10/h4-6,8-9,11-12,19H,3H2,1-2H3/t11-,12+/m1/s1. The highest BCUT2D eigenvalue weighted by atomic mass is 16.1. The Hall–Kier alpha value is -2.26. The van der Waals surface area contributed by atoms with E-state index in [1.54, 1.807) is 12.4 Å². The van der Waals surface area contributed by atoms with Gasteiger partial charge in [0, 0.05) is 18.0 Å². The van der Waals surface area contributed by atoms with E-state index in [1.807, 2.05) is 12.0 Å². The Bertz CT molecular complexity index is 627. The highest BCUT2D eigenvalue weighted by molar-refractivity contribution is 6.10. The number of hydrazone groups is 1. The van der Waals surface area contributed by atoms with Gasteiger partial charge in [-0.15, -0.1) is 0 Å². The van der Waals surface area contributed by atoms with Gasteiger partial charge >= 0.3 is 0 Å². The van der Waals surface area contributed by atoms with Crippen LogP contribution in [0.3, 0.4) is 0 Å². The van der Waals surface area contributed by atoms with Crippen molar-refractivity contribution in [3.8, 4) is 0 Å². The molecule has 5 nitrogen and oxygen atoms in total. The minimum absolute atomic E-state index is 0.425. The van der Waals surface area contributed by atoms with Crippen LogP contribution in [-0.2, 0) is 4.79 Å². The smallest absolute Gasteiger partial charge is 0.152 e. The molecule has 5 heteroatoms. The maximum atomic E-state index is 11.1. The summed E-state index contributed by atoms with van der Waals surface area (Å²) in [7, 11) is 0. The lowest BCUT2D eigenvalue weighted by atomic mass is 9.98. The molecule has 2 heterocycles. The zero-order valence-corrected chi connectivity index (χ0v) is 11.5. The molecule has 1 fully saturated rings. The molecule has 1 aliphatic heterocycles. The van der Waals surface area contributed by atoms with Crippen molar-refractivity contribution in [1.29, 1.82) is 0 Å². The van der Waals surface area contributed by atoms with E-state index in [0.717, 1.165) is 23.3 Å². The Morgan fingerprint density at radius 3 is 2.70 bits per heavy atom. The van der Waals surface area contributed by atoms with Gasteiger partial charge in [0.15, 0.2) is 5.94 Å². The average molecular weight is 268 g/mol. The van der Waals surface area contributed by atoms with E-state index in [0.29, 0.717) is 23.5 Å². The number of aromatic nitrogens is 2. The van der Waals surface area contributed by atoms with Gasteiger partial charge in [0.25, 0.3) is 0 Å². The van der Waals surface area contributed by atoms with Crippen molar-refractivity contribution in [2.75, 3.05) is 0 Å². The molecular weight excluding hydrogens is 252 g/mol. The fraction of sp³-hybridized carbons (Fsp3) is 0.400. The fourth-order valence-electron chi connectivity index (χ4n) is 2.69. The Labute approximate surface area is 117 Å². The summed E-state index contributed by atoms with van der Waals surface area (Å²) < 4.78 is 0. The molecule has 0 unspecified atom stereocenters. The largest absolute Gasteiger partial charge is 0.267 e. The second kappa shape index (κ2) is 5.02. The van der Waals surface area contributed by atoms with E-state index >= 15 is 0 Å². The number of nitrogens with zero attached hydrogens (tertiary/aromatic N) is 3. The summed E-state index contributed by atoms with van der Waals surface area (Å²) in [6, 6.07) is 0. The van der Waals surface area contributed by atoms with E-state index in [4.69, 9.17) is 0 Å². The van der Waals surface area contributed by atoms with E-state index in [9.17, 15) is 4.79 Å². The zero-order chi connectivity index (χ0) is 14.1. The van der Waals surface area contributed by atoms with Crippen LogP contribution in [0.15, 0.2) is 41.2 Å². The normalized spacial score (nSPS) is 24.6. The zero-order valence-electron chi connectivity index (χ0n) is 11.5. The maximum Gasteiger partial charge on any atom is 0.152 e. The molecule has 1 aromatic rings. The molecular formula is C15H16N4O. The lowest BCUT2D eigenvalue weighted by molar-refractivity contribution is 0.534. The number of hydrogen-bond donors (Lipinski definition) is 1. The number of allylic oxidation sites excluding steroid dienone is 2. The number of rotatable bonds is 3. The summed E-state index contributed by atoms with van der Waals surface area (Å²) in [6.07, 6.45) is 7.99. The quantitative estimate of drug-likeness (QED) is 0.848. The predicted molar refractivity (Wildman–Crippen MR) is 75.4 cm³/mol. The minimum atomic E-state index is 0.425. The van der Waals surface area contributed by atoms with Crippen LogP contribution in [0.1, 0.15) is 25.8 Å². The molecule has 1 aliphatic carbocycles. The second-order valence-corrected chi connectivity index (χ2v) is 5.56. The Balaban J connectivity index is 1.92. The van der Waals surface area contributed by atoms with Crippen LogP contribution in [0.2, 0.25) is 0 Å². The highest BCUT2D eigenvalue weighted by Crippen LogP contribution is 2.50. The maximum absolute atomic E-state index is 11.1. The summed E-state index contributed by atoms with van der Waals surface area (Å²) in [5, 5.41) is 4.19. The molecule has 3 rings (SSSR count). The van der Waals surface area contributed by atoms with Crippen LogP contribution >= 0.6 is 0 Å². The molecule has 0 bridgehead atoms. The summed E-state index contributed by atoms with van der Waals surface area (Å²) >= 11 is 0. The minimum Gasteiger partial charge on any atom is -0.267 e. The van der Waals surface area contributed by atoms with Gasteiger partial charge in [0.1, 0.15) is 12.0 Å². The van der Waals surface area contributed by atoms with Gasteiger partial charge in [0.2, 0.25) is 0 Å². The van der Waals surface area contributed by atoms with Crippen LogP contribution in [0.4, 0.5) is 0 Å². The van der Waals surface area contributed by atoms with Crippen LogP contribution < -0.4 is 5.43 Å². The molecule has 1 aromatic heterocycles. The van der Waals surface area contributed by atoms with Crippen molar-refractivity contribution in [1.82, 2.24) is 15.4 Å². The molecule has 102 valence electrons. The van der Waals surface area contributed by atoms with Crippen LogP contribution in [0, 0.1) is 17.8 Å². The van der Waals surface area contributed by atoms with Gasteiger partial charge in [-0.2, -0.15) is 5.10 Å². The van der Waals surface area contributed by atoms with Crippen molar-refractivity contribution in [2.24, 2.45) is 22.9 Å². The van der Waals surface area contributed by atoms with Crippen molar-refractivity contribution in [2.45, 2.75) is 20.3 Å². The molecule has 1 N–H and O–H groups in total. The van der Waals surface area contributed by atoms with Gasteiger partial charge in [-0.1, -0.05) is 13.8 Å². The van der Waals surface area contributed by atoms with Gasteiger partial charge in [-0.05, 0) is 35.8 Å². The predicted octanol–water partition coefficient (Wildman–Crippen LogP) is 1.72.